The largest absolute Gasteiger partial charge is 0.490 e. The summed E-state index contributed by atoms with van der Waals surface area (Å²) < 4.78 is 6.73. The van der Waals surface area contributed by atoms with Crippen LogP contribution in [0.25, 0.3) is 0 Å². The molecule has 6 heteroatoms. The summed E-state index contributed by atoms with van der Waals surface area (Å²) in [4.78, 5) is 14.7. The molecule has 0 spiro atoms. The molecule has 2 N–H and O–H groups in total. The fourth-order valence-corrected chi connectivity index (χ4v) is 3.46. The lowest BCUT2D eigenvalue weighted by Gasteiger charge is -2.32. The van der Waals surface area contributed by atoms with Crippen molar-refractivity contribution in [2.75, 3.05) is 18.8 Å². The van der Waals surface area contributed by atoms with Gasteiger partial charge in [0.05, 0.1) is 0 Å². The van der Waals surface area contributed by atoms with Gasteiger partial charge < -0.3 is 15.4 Å². The van der Waals surface area contributed by atoms with Crippen molar-refractivity contribution in [2.24, 2.45) is 0 Å². The van der Waals surface area contributed by atoms with E-state index in [1.165, 1.54) is 0 Å². The Morgan fingerprint density at radius 1 is 1.24 bits per heavy atom. The Hall–Kier alpha value is -1.72. The zero-order chi connectivity index (χ0) is 18.0. The average Bonchev–Trinajstić information content (AvgIpc) is 2.60. The lowest BCUT2D eigenvalue weighted by molar-refractivity contribution is 0.0595. The third-order valence-corrected chi connectivity index (χ3v) is 5.36. The van der Waals surface area contributed by atoms with Gasteiger partial charge in [0, 0.05) is 46.7 Å². The second-order valence-electron chi connectivity index (χ2n) is 6.25. The number of nitrogens with zero attached hydrogens (tertiary/aromatic N) is 1. The van der Waals surface area contributed by atoms with Gasteiger partial charge in [0.25, 0.3) is 5.91 Å². The normalized spacial score (nSPS) is 15.2. The number of amides is 1. The maximum absolute atomic E-state index is 12.8. The molecule has 132 valence electrons. The second kappa shape index (κ2) is 7.67. The number of carbonyl (C=O) groups is 1. The number of nitrogens with two attached hydrogens (primary N) is 1. The van der Waals surface area contributed by atoms with Crippen molar-refractivity contribution in [3.63, 3.8) is 0 Å². The molecule has 0 bridgehead atoms. The van der Waals surface area contributed by atoms with Crippen molar-refractivity contribution in [3.8, 4) is 5.75 Å². The molecule has 1 amide bonds. The van der Waals surface area contributed by atoms with Crippen LogP contribution >= 0.6 is 27.5 Å². The number of aryl methyl sites for hydroxylation is 1. The summed E-state index contributed by atoms with van der Waals surface area (Å²) in [6.45, 7) is 3.27. The second-order valence-corrected chi connectivity index (χ2v) is 7.54. The highest BCUT2D eigenvalue weighted by molar-refractivity contribution is 9.10. The quantitative estimate of drug-likeness (QED) is 0.730. The zero-order valence-electron chi connectivity index (χ0n) is 14.0. The molecule has 2 aromatic carbocycles. The van der Waals surface area contributed by atoms with E-state index in [2.05, 4.69) is 15.9 Å². The summed E-state index contributed by atoms with van der Waals surface area (Å²) in [5, 5.41) is 0.692. The highest BCUT2D eigenvalue weighted by Crippen LogP contribution is 2.26. The van der Waals surface area contributed by atoms with Crippen LogP contribution in [-0.4, -0.2) is 30.0 Å². The number of nitrogen functional groups attached to an aromatic ring is 1. The first-order valence-electron chi connectivity index (χ1n) is 8.21. The smallest absolute Gasteiger partial charge is 0.254 e. The van der Waals surface area contributed by atoms with Crippen molar-refractivity contribution in [2.45, 2.75) is 25.9 Å². The minimum absolute atomic E-state index is 0.0446. The first-order valence-corrected chi connectivity index (χ1v) is 9.38. The van der Waals surface area contributed by atoms with E-state index in [4.69, 9.17) is 22.1 Å². The molecule has 3 rings (SSSR count). The molecule has 1 aliphatic heterocycles. The van der Waals surface area contributed by atoms with Gasteiger partial charge >= 0.3 is 0 Å². The molecule has 1 fully saturated rings. The SMILES string of the molecule is Cc1cc(N)c(Br)cc1C(=O)N1CCC(Oc2ccc(Cl)cc2)CC1. The van der Waals surface area contributed by atoms with Crippen LogP contribution in [0.15, 0.2) is 40.9 Å². The van der Waals surface area contributed by atoms with Gasteiger partial charge in [-0.05, 0) is 64.8 Å². The standard InChI is InChI=1S/C19H20BrClN2O2/c1-12-10-18(22)17(20)11-16(12)19(24)23-8-6-15(7-9-23)25-14-4-2-13(21)3-5-14/h2-5,10-11,15H,6-9,22H2,1H3. The summed E-state index contributed by atoms with van der Waals surface area (Å²) in [6.07, 6.45) is 1.73. The lowest BCUT2D eigenvalue weighted by Crippen LogP contribution is -2.42. The number of anilines is 1. The van der Waals surface area contributed by atoms with Crippen LogP contribution in [0.1, 0.15) is 28.8 Å². The van der Waals surface area contributed by atoms with E-state index in [1.54, 1.807) is 0 Å². The Balaban J connectivity index is 1.61. The Kier molecular flexibility index (Phi) is 5.54. The summed E-state index contributed by atoms with van der Waals surface area (Å²) >= 11 is 9.29. The molecule has 1 heterocycles. The van der Waals surface area contributed by atoms with Gasteiger partial charge in [-0.25, -0.2) is 0 Å². The van der Waals surface area contributed by atoms with E-state index >= 15 is 0 Å². The molecule has 0 aromatic heterocycles. The highest BCUT2D eigenvalue weighted by atomic mass is 79.9. The Labute approximate surface area is 161 Å². The maximum Gasteiger partial charge on any atom is 0.254 e. The molecular formula is C19H20BrClN2O2. The van der Waals surface area contributed by atoms with Crippen LogP contribution in [0.5, 0.6) is 5.75 Å². The minimum atomic E-state index is 0.0446. The molecule has 2 aromatic rings. The summed E-state index contributed by atoms with van der Waals surface area (Å²) in [5.41, 5.74) is 8.10. The number of likely N-dealkylation sites (tertiary alicyclic amines) is 1. The third kappa shape index (κ3) is 4.28. The number of piperidine rings is 1. The summed E-state index contributed by atoms with van der Waals surface area (Å²) in [6, 6.07) is 11.0. The van der Waals surface area contributed by atoms with E-state index in [0.29, 0.717) is 29.4 Å². The van der Waals surface area contributed by atoms with Crippen LogP contribution < -0.4 is 10.5 Å². The van der Waals surface area contributed by atoms with Gasteiger partial charge in [0.2, 0.25) is 0 Å². The first kappa shape index (κ1) is 18.1. The molecule has 0 atom stereocenters. The number of benzene rings is 2. The Morgan fingerprint density at radius 2 is 1.88 bits per heavy atom. The predicted octanol–water partition coefficient (Wildman–Crippen LogP) is 4.68. The van der Waals surface area contributed by atoms with Crippen molar-refractivity contribution < 1.29 is 9.53 Å². The summed E-state index contributed by atoms with van der Waals surface area (Å²) in [5.74, 6) is 0.857. The van der Waals surface area contributed by atoms with E-state index in [-0.39, 0.29) is 12.0 Å². The predicted molar refractivity (Wildman–Crippen MR) is 104 cm³/mol. The van der Waals surface area contributed by atoms with Gasteiger partial charge in [-0.2, -0.15) is 0 Å². The Bertz CT molecular complexity index is 772. The number of rotatable bonds is 3. The average molecular weight is 424 g/mol. The van der Waals surface area contributed by atoms with Crippen LogP contribution in [0.3, 0.4) is 0 Å². The maximum atomic E-state index is 12.8. The van der Waals surface area contributed by atoms with Crippen LogP contribution in [0, 0.1) is 6.92 Å². The monoisotopic (exact) mass is 422 g/mol. The molecule has 0 unspecified atom stereocenters. The van der Waals surface area contributed by atoms with E-state index in [9.17, 15) is 4.79 Å². The topological polar surface area (TPSA) is 55.6 Å². The molecule has 0 radical (unpaired) electrons. The number of hydrogen-bond donors (Lipinski definition) is 1. The summed E-state index contributed by atoms with van der Waals surface area (Å²) in [7, 11) is 0. The number of ether oxygens (including phenoxy) is 1. The third-order valence-electron chi connectivity index (χ3n) is 4.42. The van der Waals surface area contributed by atoms with Gasteiger partial charge in [0.15, 0.2) is 0 Å². The van der Waals surface area contributed by atoms with E-state index in [0.717, 1.165) is 28.6 Å². The van der Waals surface area contributed by atoms with E-state index < -0.39 is 0 Å². The molecule has 1 aliphatic rings. The first-order chi connectivity index (χ1) is 11.9. The van der Waals surface area contributed by atoms with Crippen LogP contribution in [0.4, 0.5) is 5.69 Å². The molecule has 0 aliphatic carbocycles. The van der Waals surface area contributed by atoms with Crippen molar-refractivity contribution in [1.29, 1.82) is 0 Å². The van der Waals surface area contributed by atoms with E-state index in [1.807, 2.05) is 48.2 Å². The molecule has 0 saturated carbocycles. The molecule has 1 saturated heterocycles. The van der Waals surface area contributed by atoms with Gasteiger partial charge in [0.1, 0.15) is 11.9 Å². The zero-order valence-corrected chi connectivity index (χ0v) is 16.3. The van der Waals surface area contributed by atoms with Crippen molar-refractivity contribution >= 4 is 39.1 Å². The Morgan fingerprint density at radius 3 is 2.52 bits per heavy atom. The molecule has 25 heavy (non-hydrogen) atoms. The fraction of sp³-hybridized carbons (Fsp3) is 0.316. The highest BCUT2D eigenvalue weighted by Gasteiger charge is 2.26. The fourth-order valence-electron chi connectivity index (χ4n) is 2.99. The van der Waals surface area contributed by atoms with Gasteiger partial charge in [-0.15, -0.1) is 0 Å². The minimum Gasteiger partial charge on any atom is -0.490 e. The number of halogens is 2. The van der Waals surface area contributed by atoms with Gasteiger partial charge in [-0.3, -0.25) is 4.79 Å². The lowest BCUT2D eigenvalue weighted by atomic mass is 10.0. The number of carbonyl (C=O) groups excluding carboxylic acids is 1. The van der Waals surface area contributed by atoms with Crippen LogP contribution in [0.2, 0.25) is 5.02 Å². The molecule has 4 nitrogen and oxygen atoms in total. The number of hydrogen-bond acceptors (Lipinski definition) is 3. The van der Waals surface area contributed by atoms with Gasteiger partial charge in [-0.1, -0.05) is 11.6 Å². The van der Waals surface area contributed by atoms with Crippen molar-refractivity contribution in [1.82, 2.24) is 4.90 Å². The molecular weight excluding hydrogens is 404 g/mol. The van der Waals surface area contributed by atoms with Crippen LogP contribution in [-0.2, 0) is 0 Å². The van der Waals surface area contributed by atoms with Crippen molar-refractivity contribution in [3.05, 3.63) is 57.0 Å².